The number of likely N-dealkylation sites (tertiary alicyclic amines) is 1. The van der Waals surface area contributed by atoms with Crippen LogP contribution in [-0.2, 0) is 0 Å². The van der Waals surface area contributed by atoms with Gasteiger partial charge < -0.3 is 15.1 Å². The highest BCUT2D eigenvalue weighted by atomic mass is 35.5. The lowest BCUT2D eigenvalue weighted by molar-refractivity contribution is 0.102. The van der Waals surface area contributed by atoms with Crippen molar-refractivity contribution in [3.8, 4) is 0 Å². The van der Waals surface area contributed by atoms with Gasteiger partial charge in [-0.2, -0.15) is 0 Å². The summed E-state index contributed by atoms with van der Waals surface area (Å²) in [6.07, 6.45) is 12.0. The van der Waals surface area contributed by atoms with E-state index < -0.39 is 0 Å². The topological polar surface area (TPSA) is 35.6 Å². The van der Waals surface area contributed by atoms with E-state index in [1.807, 2.05) is 18.2 Å². The van der Waals surface area contributed by atoms with Crippen LogP contribution in [0.25, 0.3) is 0 Å². The molecule has 4 nitrogen and oxygen atoms in total. The molecule has 0 bridgehead atoms. The molecule has 2 aliphatic rings. The van der Waals surface area contributed by atoms with Gasteiger partial charge in [0.1, 0.15) is 0 Å². The van der Waals surface area contributed by atoms with Crippen LogP contribution >= 0.6 is 23.2 Å². The van der Waals surface area contributed by atoms with Crippen LogP contribution in [0, 0.1) is 11.8 Å². The first kappa shape index (κ1) is 27.3. The maximum atomic E-state index is 12.9. The number of amides is 1. The van der Waals surface area contributed by atoms with Gasteiger partial charge in [0, 0.05) is 28.7 Å². The lowest BCUT2D eigenvalue weighted by Crippen LogP contribution is -2.36. The molecule has 0 saturated carbocycles. The van der Waals surface area contributed by atoms with Crippen molar-refractivity contribution < 1.29 is 4.79 Å². The Labute approximate surface area is 227 Å². The largest absolute Gasteiger partial charge is 0.370 e. The SMILES string of the molecule is CCCC1CCCN(CCC2CCN(c3ccc(Cl)cc3NC(=O)c3cccc(Cl)c3)CC2)CCC1. The van der Waals surface area contributed by atoms with E-state index in [4.69, 9.17) is 23.2 Å². The molecule has 2 aromatic rings. The average Bonchev–Trinajstić information content (AvgIpc) is 2.85. The van der Waals surface area contributed by atoms with Gasteiger partial charge in [-0.15, -0.1) is 0 Å². The predicted octanol–water partition coefficient (Wildman–Crippen LogP) is 8.14. The molecule has 1 N–H and O–H groups in total. The van der Waals surface area contributed by atoms with E-state index in [-0.39, 0.29) is 5.91 Å². The van der Waals surface area contributed by atoms with Gasteiger partial charge in [-0.3, -0.25) is 4.79 Å². The molecular formula is C30H41Cl2N3O. The van der Waals surface area contributed by atoms with Crippen molar-refractivity contribution in [3.05, 3.63) is 58.1 Å². The number of nitrogens with zero attached hydrogens (tertiary/aromatic N) is 2. The molecule has 4 rings (SSSR count). The van der Waals surface area contributed by atoms with Crippen LogP contribution in [0.5, 0.6) is 0 Å². The summed E-state index contributed by atoms with van der Waals surface area (Å²) in [5.41, 5.74) is 2.34. The summed E-state index contributed by atoms with van der Waals surface area (Å²) in [6, 6.07) is 12.8. The number of anilines is 2. The maximum absolute atomic E-state index is 12.9. The maximum Gasteiger partial charge on any atom is 0.255 e. The number of hydrogen-bond acceptors (Lipinski definition) is 3. The Bertz CT molecular complexity index is 980. The smallest absolute Gasteiger partial charge is 0.255 e. The van der Waals surface area contributed by atoms with E-state index in [2.05, 4.69) is 22.0 Å². The summed E-state index contributed by atoms with van der Waals surface area (Å²) >= 11 is 12.4. The van der Waals surface area contributed by atoms with Crippen molar-refractivity contribution in [1.82, 2.24) is 4.90 Å². The summed E-state index contributed by atoms with van der Waals surface area (Å²) in [6.45, 7) is 8.13. The molecule has 1 amide bonds. The van der Waals surface area contributed by atoms with Crippen LogP contribution < -0.4 is 10.2 Å². The lowest BCUT2D eigenvalue weighted by atomic mass is 9.90. The van der Waals surface area contributed by atoms with Gasteiger partial charge in [-0.05, 0) is 113 Å². The number of halogens is 2. The van der Waals surface area contributed by atoms with Gasteiger partial charge in [0.2, 0.25) is 0 Å². The Hall–Kier alpha value is -1.75. The average molecular weight is 531 g/mol. The monoisotopic (exact) mass is 529 g/mol. The van der Waals surface area contributed by atoms with Gasteiger partial charge in [-0.25, -0.2) is 0 Å². The molecule has 2 aromatic carbocycles. The number of carbonyl (C=O) groups excluding carboxylic acids is 1. The van der Waals surface area contributed by atoms with Crippen molar-refractivity contribution in [2.75, 3.05) is 42.9 Å². The van der Waals surface area contributed by atoms with Gasteiger partial charge in [-0.1, -0.05) is 49.0 Å². The fourth-order valence-electron chi connectivity index (χ4n) is 5.92. The van der Waals surface area contributed by atoms with Crippen LogP contribution in [0.1, 0.15) is 75.1 Å². The molecule has 2 fully saturated rings. The summed E-state index contributed by atoms with van der Waals surface area (Å²) in [7, 11) is 0. The normalized spacial score (nSPS) is 18.6. The lowest BCUT2D eigenvalue weighted by Gasteiger charge is -2.36. The third-order valence-electron chi connectivity index (χ3n) is 7.97. The summed E-state index contributed by atoms with van der Waals surface area (Å²) < 4.78 is 0. The molecule has 2 aliphatic heterocycles. The molecule has 0 aliphatic carbocycles. The van der Waals surface area contributed by atoms with E-state index in [0.717, 1.165) is 36.3 Å². The molecular weight excluding hydrogens is 489 g/mol. The first-order chi connectivity index (χ1) is 17.5. The van der Waals surface area contributed by atoms with E-state index >= 15 is 0 Å². The molecule has 2 saturated heterocycles. The standard InChI is InChI=1S/C30H41Cl2N3O/c1-2-6-23-7-4-16-34(17-5-8-23)18-13-24-14-19-35(20-15-24)29-12-11-27(32)22-28(29)33-30(36)25-9-3-10-26(31)21-25/h3,9-12,21-24H,2,4-8,13-20H2,1H3,(H,33,36). The van der Waals surface area contributed by atoms with Crippen LogP contribution in [-0.4, -0.2) is 43.5 Å². The molecule has 0 spiro atoms. The first-order valence-electron chi connectivity index (χ1n) is 13.9. The number of piperidine rings is 1. The van der Waals surface area contributed by atoms with Crippen LogP contribution in [0.2, 0.25) is 10.0 Å². The van der Waals surface area contributed by atoms with Crippen molar-refractivity contribution in [2.24, 2.45) is 11.8 Å². The molecule has 6 heteroatoms. The Morgan fingerprint density at radius 2 is 1.58 bits per heavy atom. The highest BCUT2D eigenvalue weighted by Gasteiger charge is 2.23. The quantitative estimate of drug-likeness (QED) is 0.374. The van der Waals surface area contributed by atoms with E-state index in [0.29, 0.717) is 15.6 Å². The molecule has 0 unspecified atom stereocenters. The second kappa shape index (κ2) is 13.7. The zero-order valence-corrected chi connectivity index (χ0v) is 23.2. The number of benzene rings is 2. The molecule has 0 aromatic heterocycles. The Kier molecular flexibility index (Phi) is 10.4. The number of carbonyl (C=O) groups is 1. The minimum atomic E-state index is -0.176. The number of rotatable bonds is 8. The van der Waals surface area contributed by atoms with E-state index in [9.17, 15) is 4.79 Å². The number of nitrogens with one attached hydrogen (secondary N) is 1. The summed E-state index contributed by atoms with van der Waals surface area (Å²) in [5, 5.41) is 4.23. The number of hydrogen-bond donors (Lipinski definition) is 1. The van der Waals surface area contributed by atoms with E-state index in [1.165, 1.54) is 77.4 Å². The third-order valence-corrected chi connectivity index (χ3v) is 8.44. The van der Waals surface area contributed by atoms with E-state index in [1.54, 1.807) is 24.3 Å². The van der Waals surface area contributed by atoms with Crippen molar-refractivity contribution in [3.63, 3.8) is 0 Å². The molecule has 0 atom stereocenters. The molecule has 0 radical (unpaired) electrons. The fraction of sp³-hybridized carbons (Fsp3) is 0.567. The molecule has 196 valence electrons. The Morgan fingerprint density at radius 3 is 2.28 bits per heavy atom. The zero-order valence-electron chi connectivity index (χ0n) is 21.7. The Morgan fingerprint density at radius 1 is 0.889 bits per heavy atom. The zero-order chi connectivity index (χ0) is 25.3. The van der Waals surface area contributed by atoms with Crippen molar-refractivity contribution >= 4 is 40.5 Å². The molecule has 2 heterocycles. The van der Waals surface area contributed by atoms with Gasteiger partial charge in [0.15, 0.2) is 0 Å². The van der Waals surface area contributed by atoms with Crippen LogP contribution in [0.15, 0.2) is 42.5 Å². The first-order valence-corrected chi connectivity index (χ1v) is 14.6. The second-order valence-corrected chi connectivity index (χ2v) is 11.5. The molecule has 36 heavy (non-hydrogen) atoms. The van der Waals surface area contributed by atoms with Crippen LogP contribution in [0.4, 0.5) is 11.4 Å². The Balaban J connectivity index is 1.28. The van der Waals surface area contributed by atoms with Crippen molar-refractivity contribution in [1.29, 1.82) is 0 Å². The highest BCUT2D eigenvalue weighted by molar-refractivity contribution is 6.31. The van der Waals surface area contributed by atoms with Gasteiger partial charge in [0.25, 0.3) is 5.91 Å². The van der Waals surface area contributed by atoms with Crippen LogP contribution in [0.3, 0.4) is 0 Å². The summed E-state index contributed by atoms with van der Waals surface area (Å²) in [4.78, 5) is 18.0. The summed E-state index contributed by atoms with van der Waals surface area (Å²) in [5.74, 6) is 1.57. The van der Waals surface area contributed by atoms with Gasteiger partial charge >= 0.3 is 0 Å². The van der Waals surface area contributed by atoms with Gasteiger partial charge in [0.05, 0.1) is 11.4 Å². The van der Waals surface area contributed by atoms with Crippen molar-refractivity contribution in [2.45, 2.75) is 64.7 Å². The fourth-order valence-corrected chi connectivity index (χ4v) is 6.28. The predicted molar refractivity (Wildman–Crippen MR) is 154 cm³/mol. The highest BCUT2D eigenvalue weighted by Crippen LogP contribution is 2.33. The second-order valence-electron chi connectivity index (χ2n) is 10.6. The minimum Gasteiger partial charge on any atom is -0.370 e. The minimum absolute atomic E-state index is 0.176. The third kappa shape index (κ3) is 7.87.